The minimum Gasteiger partial charge on any atom is -0.351 e. The zero-order chi connectivity index (χ0) is 20.8. The van der Waals surface area contributed by atoms with E-state index in [0.717, 1.165) is 11.3 Å². The number of hydrogen-bond donors (Lipinski definition) is 2. The maximum atomic E-state index is 13.2. The van der Waals surface area contributed by atoms with Crippen molar-refractivity contribution in [1.82, 2.24) is 9.88 Å². The highest BCUT2D eigenvalue weighted by Crippen LogP contribution is 2.24. The summed E-state index contributed by atoms with van der Waals surface area (Å²) in [4.78, 5) is 30.1. The normalized spacial score (nSPS) is 10.4. The Labute approximate surface area is 178 Å². The summed E-state index contributed by atoms with van der Waals surface area (Å²) in [5, 5.41) is 3.35. The van der Waals surface area contributed by atoms with E-state index in [9.17, 15) is 9.59 Å². The van der Waals surface area contributed by atoms with E-state index in [0.29, 0.717) is 34.4 Å². The van der Waals surface area contributed by atoms with Crippen molar-refractivity contribution < 1.29 is 9.59 Å². The molecular weight excluding hydrogens is 411 g/mol. The first-order valence-electron chi connectivity index (χ1n) is 8.72. The molecule has 0 bridgehead atoms. The summed E-state index contributed by atoms with van der Waals surface area (Å²) in [5.41, 5.74) is 7.69. The fraction of sp³-hybridized carbons (Fsp3) is 0.0952. The number of hydrogen-bond acceptors (Lipinski definition) is 3. The van der Waals surface area contributed by atoms with Gasteiger partial charge in [0, 0.05) is 24.0 Å². The van der Waals surface area contributed by atoms with Gasteiger partial charge in [0.15, 0.2) is 0 Å². The summed E-state index contributed by atoms with van der Waals surface area (Å²) in [6.45, 7) is 0.648. The Bertz CT molecular complexity index is 1010. The minimum absolute atomic E-state index is 0.188. The van der Waals surface area contributed by atoms with Crippen molar-refractivity contribution in [3.8, 4) is 0 Å². The summed E-state index contributed by atoms with van der Waals surface area (Å²) >= 11 is 12.1. The molecule has 6 nitrogen and oxygen atoms in total. The molecule has 0 fully saturated rings. The predicted octanol–water partition coefficient (Wildman–Crippen LogP) is 4.72. The van der Waals surface area contributed by atoms with E-state index >= 15 is 0 Å². The number of aromatic nitrogens is 1. The first kappa shape index (κ1) is 20.6. The number of carbonyl (C=O) groups excluding carboxylic acids is 2. The molecule has 0 spiro atoms. The van der Waals surface area contributed by atoms with Crippen molar-refractivity contribution in [3.63, 3.8) is 0 Å². The minimum atomic E-state index is -0.666. The molecule has 0 saturated heterocycles. The molecule has 29 heavy (non-hydrogen) atoms. The van der Waals surface area contributed by atoms with Crippen LogP contribution in [0.5, 0.6) is 0 Å². The molecule has 0 atom stereocenters. The molecule has 3 aromatic rings. The molecule has 0 aliphatic heterocycles. The van der Waals surface area contributed by atoms with Gasteiger partial charge in [-0.1, -0.05) is 35.3 Å². The van der Waals surface area contributed by atoms with Gasteiger partial charge in [-0.05, 0) is 54.1 Å². The van der Waals surface area contributed by atoms with Gasteiger partial charge in [-0.2, -0.15) is 0 Å². The van der Waals surface area contributed by atoms with Crippen molar-refractivity contribution in [2.24, 2.45) is 5.73 Å². The van der Waals surface area contributed by atoms with Crippen LogP contribution in [-0.4, -0.2) is 21.8 Å². The number of nitrogens with one attached hydrogen (secondary N) is 1. The molecule has 1 heterocycles. The second-order valence-electron chi connectivity index (χ2n) is 6.30. The monoisotopic (exact) mass is 428 g/mol. The van der Waals surface area contributed by atoms with Crippen molar-refractivity contribution in [2.45, 2.75) is 13.1 Å². The Hall–Kier alpha value is -3.09. The van der Waals surface area contributed by atoms with Gasteiger partial charge in [0.25, 0.3) is 5.91 Å². The van der Waals surface area contributed by atoms with Gasteiger partial charge >= 0.3 is 6.03 Å². The number of urea groups is 1. The number of primary amides is 1. The predicted molar refractivity (Wildman–Crippen MR) is 114 cm³/mol. The Kier molecular flexibility index (Phi) is 6.69. The maximum Gasteiger partial charge on any atom is 0.316 e. The van der Waals surface area contributed by atoms with Crippen LogP contribution in [0.4, 0.5) is 10.5 Å². The molecule has 0 unspecified atom stereocenters. The largest absolute Gasteiger partial charge is 0.351 e. The average molecular weight is 429 g/mol. The molecule has 3 rings (SSSR count). The fourth-order valence-electron chi connectivity index (χ4n) is 2.77. The van der Waals surface area contributed by atoms with Crippen molar-refractivity contribution >= 4 is 40.8 Å². The van der Waals surface area contributed by atoms with Crippen LogP contribution in [0.2, 0.25) is 10.0 Å². The second kappa shape index (κ2) is 9.41. The molecule has 0 aliphatic rings. The highest BCUT2D eigenvalue weighted by Gasteiger charge is 2.18. The highest BCUT2D eigenvalue weighted by molar-refractivity contribution is 6.42. The molecule has 0 saturated carbocycles. The quantitative estimate of drug-likeness (QED) is 0.594. The molecular formula is C21H18Cl2N4O2. The van der Waals surface area contributed by atoms with Crippen molar-refractivity contribution in [1.29, 1.82) is 0 Å². The van der Waals surface area contributed by atoms with E-state index in [1.54, 1.807) is 47.5 Å². The number of nitrogens with two attached hydrogens (primary N) is 1. The number of nitrogens with zero attached hydrogens (tertiary/aromatic N) is 2. The standard InChI is InChI=1S/C21H18Cl2N4O2/c22-18-9-4-14(11-19(18)23)12-27(13-17-3-1-2-10-25-17)20(28)15-5-7-16(8-6-15)26-21(24)29/h1-11H,12-13H2,(H3,24,26,29). The summed E-state index contributed by atoms with van der Waals surface area (Å²) in [6.07, 6.45) is 1.68. The van der Waals surface area contributed by atoms with Gasteiger partial charge < -0.3 is 16.0 Å². The Morgan fingerprint density at radius 1 is 0.966 bits per heavy atom. The van der Waals surface area contributed by atoms with Crippen LogP contribution >= 0.6 is 23.2 Å². The Balaban J connectivity index is 1.85. The molecule has 148 valence electrons. The number of anilines is 1. The Morgan fingerprint density at radius 2 is 1.72 bits per heavy atom. The number of halogens is 2. The van der Waals surface area contributed by atoms with E-state index in [1.807, 2.05) is 24.3 Å². The zero-order valence-electron chi connectivity index (χ0n) is 15.3. The number of amides is 3. The molecule has 8 heteroatoms. The van der Waals surface area contributed by atoms with Crippen LogP contribution in [-0.2, 0) is 13.1 Å². The third kappa shape index (κ3) is 5.70. The van der Waals surface area contributed by atoms with Crippen molar-refractivity contribution in [3.05, 3.63) is 93.7 Å². The van der Waals surface area contributed by atoms with Crippen LogP contribution in [0.1, 0.15) is 21.6 Å². The van der Waals surface area contributed by atoms with Crippen LogP contribution in [0, 0.1) is 0 Å². The van der Waals surface area contributed by atoms with Gasteiger partial charge in [0.05, 0.1) is 22.3 Å². The lowest BCUT2D eigenvalue weighted by Crippen LogP contribution is -2.30. The SMILES string of the molecule is NC(=O)Nc1ccc(C(=O)N(Cc2ccc(Cl)c(Cl)c2)Cc2ccccn2)cc1. The molecule has 1 aromatic heterocycles. The van der Waals surface area contributed by atoms with Gasteiger partial charge in [0.1, 0.15) is 0 Å². The van der Waals surface area contributed by atoms with Gasteiger partial charge in [0.2, 0.25) is 0 Å². The lowest BCUT2D eigenvalue weighted by atomic mass is 10.1. The third-order valence-electron chi connectivity index (χ3n) is 4.12. The molecule has 0 aliphatic carbocycles. The number of carbonyl (C=O) groups is 2. The highest BCUT2D eigenvalue weighted by atomic mass is 35.5. The molecule has 2 aromatic carbocycles. The number of pyridine rings is 1. The summed E-state index contributed by atoms with van der Waals surface area (Å²) in [7, 11) is 0. The van der Waals surface area contributed by atoms with E-state index in [4.69, 9.17) is 28.9 Å². The average Bonchev–Trinajstić information content (AvgIpc) is 2.71. The van der Waals surface area contributed by atoms with Gasteiger partial charge in [-0.15, -0.1) is 0 Å². The topological polar surface area (TPSA) is 88.3 Å². The third-order valence-corrected chi connectivity index (χ3v) is 4.86. The molecule has 3 N–H and O–H groups in total. The van der Waals surface area contributed by atoms with Crippen LogP contribution < -0.4 is 11.1 Å². The van der Waals surface area contributed by atoms with Crippen molar-refractivity contribution in [2.75, 3.05) is 5.32 Å². The van der Waals surface area contributed by atoms with E-state index in [2.05, 4.69) is 10.3 Å². The van der Waals surface area contributed by atoms with Gasteiger partial charge in [-0.25, -0.2) is 4.79 Å². The zero-order valence-corrected chi connectivity index (χ0v) is 16.8. The van der Waals surface area contributed by atoms with Crippen LogP contribution in [0.25, 0.3) is 0 Å². The fourth-order valence-corrected chi connectivity index (χ4v) is 3.09. The van der Waals surface area contributed by atoms with Gasteiger partial charge in [-0.3, -0.25) is 9.78 Å². The van der Waals surface area contributed by atoms with E-state index in [-0.39, 0.29) is 5.91 Å². The lowest BCUT2D eigenvalue weighted by molar-refractivity contribution is 0.0728. The summed E-state index contributed by atoms with van der Waals surface area (Å²) < 4.78 is 0. The summed E-state index contributed by atoms with van der Waals surface area (Å²) in [6, 6.07) is 16.7. The second-order valence-corrected chi connectivity index (χ2v) is 7.11. The van der Waals surface area contributed by atoms with Crippen LogP contribution in [0.15, 0.2) is 66.9 Å². The van der Waals surface area contributed by atoms with E-state index in [1.165, 1.54) is 0 Å². The lowest BCUT2D eigenvalue weighted by Gasteiger charge is -2.23. The summed E-state index contributed by atoms with van der Waals surface area (Å²) in [5.74, 6) is -0.188. The Morgan fingerprint density at radius 3 is 2.34 bits per heavy atom. The van der Waals surface area contributed by atoms with Crippen LogP contribution in [0.3, 0.4) is 0 Å². The maximum absolute atomic E-state index is 13.2. The smallest absolute Gasteiger partial charge is 0.316 e. The van der Waals surface area contributed by atoms with E-state index < -0.39 is 6.03 Å². The molecule has 3 amide bonds. The first-order chi connectivity index (χ1) is 13.9. The number of rotatable bonds is 6. The first-order valence-corrected chi connectivity index (χ1v) is 9.47. The molecule has 0 radical (unpaired) electrons. The number of benzene rings is 2.